The van der Waals surface area contributed by atoms with E-state index in [0.29, 0.717) is 44.6 Å². The van der Waals surface area contributed by atoms with Crippen molar-refractivity contribution >= 4 is 29.9 Å². The molecule has 0 unspecified atom stereocenters. The maximum Gasteiger partial charge on any atom is 0.227 e. The average molecular weight is 412 g/mol. The van der Waals surface area contributed by atoms with Gasteiger partial charge in [0.25, 0.3) is 0 Å². The minimum absolute atomic E-state index is 0. The Morgan fingerprint density at radius 2 is 1.71 bits per heavy atom. The molecule has 1 heterocycles. The molecular weight excluding hydrogens is 381 g/mol. The molecule has 2 amide bonds. The highest BCUT2D eigenvalue weighted by Crippen LogP contribution is 2.39. The molecule has 28 heavy (non-hydrogen) atoms. The molecule has 0 radical (unpaired) electrons. The number of likely N-dealkylation sites (tertiary alicyclic amines) is 1. The fourth-order valence-electron chi connectivity index (χ4n) is 4.36. The van der Waals surface area contributed by atoms with Gasteiger partial charge in [-0.05, 0) is 61.9 Å². The van der Waals surface area contributed by atoms with Crippen LogP contribution >= 0.6 is 12.4 Å². The minimum atomic E-state index is -0.326. The molecule has 7 heteroatoms. The van der Waals surface area contributed by atoms with Crippen molar-refractivity contribution in [1.29, 1.82) is 0 Å². The van der Waals surface area contributed by atoms with Gasteiger partial charge in [-0.15, -0.1) is 12.4 Å². The van der Waals surface area contributed by atoms with Gasteiger partial charge in [-0.1, -0.05) is 19.3 Å². The summed E-state index contributed by atoms with van der Waals surface area (Å²) < 4.78 is 13.0. The fraction of sp³-hybridized carbons (Fsp3) is 0.619. The number of hydrogen-bond acceptors (Lipinski definition) is 3. The predicted molar refractivity (Wildman–Crippen MR) is 111 cm³/mol. The average Bonchev–Trinajstić information content (AvgIpc) is 2.70. The summed E-state index contributed by atoms with van der Waals surface area (Å²) in [4.78, 5) is 27.1. The molecule has 5 nitrogen and oxygen atoms in total. The van der Waals surface area contributed by atoms with E-state index in [-0.39, 0.29) is 41.4 Å². The Labute approximate surface area is 172 Å². The largest absolute Gasteiger partial charge is 0.343 e. The van der Waals surface area contributed by atoms with Crippen LogP contribution in [-0.4, -0.2) is 36.3 Å². The molecule has 2 fully saturated rings. The minimum Gasteiger partial charge on any atom is -0.343 e. The predicted octanol–water partition coefficient (Wildman–Crippen LogP) is 3.72. The van der Waals surface area contributed by atoms with Crippen molar-refractivity contribution in [3.05, 3.63) is 30.1 Å². The highest BCUT2D eigenvalue weighted by Gasteiger charge is 2.35. The molecule has 1 aliphatic carbocycles. The van der Waals surface area contributed by atoms with Gasteiger partial charge in [0.05, 0.1) is 0 Å². The van der Waals surface area contributed by atoms with Crippen LogP contribution in [0.25, 0.3) is 0 Å². The number of hydrogen-bond donors (Lipinski definition) is 2. The van der Waals surface area contributed by atoms with Crippen molar-refractivity contribution in [3.63, 3.8) is 0 Å². The molecule has 156 valence electrons. The number of nitrogens with one attached hydrogen (secondary N) is 1. The van der Waals surface area contributed by atoms with Gasteiger partial charge >= 0.3 is 0 Å². The van der Waals surface area contributed by atoms with Gasteiger partial charge in [0.1, 0.15) is 5.82 Å². The van der Waals surface area contributed by atoms with E-state index in [9.17, 15) is 14.0 Å². The third kappa shape index (κ3) is 5.67. The summed E-state index contributed by atoms with van der Waals surface area (Å²) in [6, 6.07) is 5.77. The quantitative estimate of drug-likeness (QED) is 0.775. The first-order valence-corrected chi connectivity index (χ1v) is 10.1. The second kappa shape index (κ2) is 10.2. The van der Waals surface area contributed by atoms with Crippen molar-refractivity contribution < 1.29 is 14.0 Å². The molecule has 3 N–H and O–H groups in total. The number of halogens is 2. The zero-order valence-corrected chi connectivity index (χ0v) is 17.1. The van der Waals surface area contributed by atoms with E-state index in [2.05, 4.69) is 5.32 Å². The van der Waals surface area contributed by atoms with Gasteiger partial charge in [-0.3, -0.25) is 9.59 Å². The molecule has 1 saturated heterocycles. The molecule has 1 aliphatic heterocycles. The zero-order chi connectivity index (χ0) is 19.3. The Balaban J connectivity index is 0.00000280. The zero-order valence-electron chi connectivity index (χ0n) is 16.3. The number of nitrogens with zero attached hydrogens (tertiary/aromatic N) is 1. The first-order chi connectivity index (χ1) is 13.0. The SMILES string of the molecule is Cl.NCC1(CC(=O)N2CCC(C(=O)Nc3ccc(F)cc3)CC2)CCCCC1. The molecule has 1 aromatic carbocycles. The summed E-state index contributed by atoms with van der Waals surface area (Å²) in [6.45, 7) is 1.80. The number of piperidine rings is 1. The summed E-state index contributed by atoms with van der Waals surface area (Å²) in [7, 11) is 0. The second-order valence-electron chi connectivity index (χ2n) is 8.09. The Morgan fingerprint density at radius 1 is 1.11 bits per heavy atom. The van der Waals surface area contributed by atoms with Crippen LogP contribution in [0.3, 0.4) is 0 Å². The first-order valence-electron chi connectivity index (χ1n) is 10.1. The highest BCUT2D eigenvalue weighted by molar-refractivity contribution is 5.92. The number of nitrogens with two attached hydrogens (primary N) is 1. The van der Waals surface area contributed by atoms with Gasteiger partial charge in [0.2, 0.25) is 11.8 Å². The van der Waals surface area contributed by atoms with Crippen LogP contribution in [0.1, 0.15) is 51.4 Å². The van der Waals surface area contributed by atoms with E-state index in [1.165, 1.54) is 18.6 Å². The van der Waals surface area contributed by atoms with Crippen molar-refractivity contribution in [2.24, 2.45) is 17.1 Å². The van der Waals surface area contributed by atoms with Crippen LogP contribution in [0.15, 0.2) is 24.3 Å². The maximum atomic E-state index is 13.0. The summed E-state index contributed by atoms with van der Waals surface area (Å²) in [5, 5.41) is 2.84. The number of anilines is 1. The number of carbonyl (C=O) groups excluding carboxylic acids is 2. The van der Waals surface area contributed by atoms with Crippen LogP contribution in [0.4, 0.5) is 10.1 Å². The topological polar surface area (TPSA) is 75.4 Å². The Kier molecular flexibility index (Phi) is 8.25. The Morgan fingerprint density at radius 3 is 2.29 bits per heavy atom. The molecule has 0 atom stereocenters. The number of rotatable bonds is 5. The smallest absolute Gasteiger partial charge is 0.227 e. The van der Waals surface area contributed by atoms with E-state index in [0.717, 1.165) is 25.7 Å². The van der Waals surface area contributed by atoms with E-state index in [1.54, 1.807) is 12.1 Å². The van der Waals surface area contributed by atoms with Gasteiger partial charge in [0.15, 0.2) is 0 Å². The lowest BCUT2D eigenvalue weighted by Crippen LogP contribution is -2.45. The number of carbonyl (C=O) groups is 2. The van der Waals surface area contributed by atoms with Crippen LogP contribution in [-0.2, 0) is 9.59 Å². The molecule has 2 aliphatic rings. The maximum absolute atomic E-state index is 13.0. The lowest BCUT2D eigenvalue weighted by molar-refractivity contribution is -0.137. The number of amides is 2. The summed E-state index contributed by atoms with van der Waals surface area (Å²) >= 11 is 0. The van der Waals surface area contributed by atoms with Crippen LogP contribution < -0.4 is 11.1 Å². The second-order valence-corrected chi connectivity index (χ2v) is 8.09. The molecule has 1 aromatic rings. The summed E-state index contributed by atoms with van der Waals surface area (Å²) in [5.74, 6) is -0.315. The standard InChI is InChI=1S/C21H30FN3O2.ClH/c22-17-4-6-18(7-5-17)24-20(27)16-8-12-25(13-9-16)19(26)14-21(15-23)10-2-1-3-11-21;/h4-7,16H,1-3,8-15,23H2,(H,24,27);1H. The van der Waals surface area contributed by atoms with Crippen LogP contribution in [0.5, 0.6) is 0 Å². The van der Waals surface area contributed by atoms with E-state index >= 15 is 0 Å². The first kappa shape index (κ1) is 22.6. The molecular formula is C21H31ClFN3O2. The molecule has 0 spiro atoms. The van der Waals surface area contributed by atoms with E-state index in [1.807, 2.05) is 4.90 Å². The highest BCUT2D eigenvalue weighted by atomic mass is 35.5. The Hall–Kier alpha value is -1.66. The van der Waals surface area contributed by atoms with E-state index < -0.39 is 0 Å². The third-order valence-electron chi connectivity index (χ3n) is 6.20. The normalized spacial score (nSPS) is 19.6. The van der Waals surface area contributed by atoms with Crippen LogP contribution in [0.2, 0.25) is 0 Å². The monoisotopic (exact) mass is 411 g/mol. The van der Waals surface area contributed by atoms with Crippen molar-refractivity contribution in [2.75, 3.05) is 25.0 Å². The van der Waals surface area contributed by atoms with Crippen molar-refractivity contribution in [1.82, 2.24) is 4.90 Å². The third-order valence-corrected chi connectivity index (χ3v) is 6.20. The van der Waals surface area contributed by atoms with Crippen LogP contribution in [0, 0.1) is 17.2 Å². The van der Waals surface area contributed by atoms with E-state index in [4.69, 9.17) is 5.73 Å². The van der Waals surface area contributed by atoms with Gasteiger partial charge in [-0.2, -0.15) is 0 Å². The van der Waals surface area contributed by atoms with Crippen molar-refractivity contribution in [2.45, 2.75) is 51.4 Å². The number of benzene rings is 1. The molecule has 1 saturated carbocycles. The van der Waals surface area contributed by atoms with Gasteiger partial charge in [-0.25, -0.2) is 4.39 Å². The molecule has 0 aromatic heterocycles. The summed E-state index contributed by atoms with van der Waals surface area (Å²) in [6.07, 6.45) is 7.52. The van der Waals surface area contributed by atoms with Gasteiger partial charge in [0, 0.05) is 31.1 Å². The fourth-order valence-corrected chi connectivity index (χ4v) is 4.36. The lowest BCUT2D eigenvalue weighted by Gasteiger charge is -2.38. The van der Waals surface area contributed by atoms with Crippen molar-refractivity contribution in [3.8, 4) is 0 Å². The summed E-state index contributed by atoms with van der Waals surface area (Å²) in [5.41, 5.74) is 6.59. The van der Waals surface area contributed by atoms with Gasteiger partial charge < -0.3 is 16.0 Å². The molecule has 0 bridgehead atoms. The molecule has 3 rings (SSSR count). The lowest BCUT2D eigenvalue weighted by atomic mass is 9.71. The Bertz CT molecular complexity index is 654.